The third-order valence-electron chi connectivity index (χ3n) is 5.94. The van der Waals surface area contributed by atoms with Gasteiger partial charge in [0.05, 0.1) is 6.54 Å². The van der Waals surface area contributed by atoms with Gasteiger partial charge in [0.25, 0.3) is 0 Å². The molecule has 1 aromatic carbocycles. The molecule has 1 aliphatic heterocycles. The molecule has 1 aliphatic carbocycles. The first-order chi connectivity index (χ1) is 14.6. The quantitative estimate of drug-likeness (QED) is 0.523. The Hall–Kier alpha value is -3.37. The Bertz CT molecular complexity index is 1110. The topological polar surface area (TPSA) is 84.4 Å². The number of piperidine rings is 1. The van der Waals surface area contributed by atoms with Crippen molar-refractivity contribution >= 4 is 6.41 Å². The summed E-state index contributed by atoms with van der Waals surface area (Å²) in [5.74, 6) is 9.45. The average molecular weight is 402 g/mol. The van der Waals surface area contributed by atoms with Crippen molar-refractivity contribution in [1.29, 1.82) is 0 Å². The number of nitrogens with zero attached hydrogens (tertiary/aromatic N) is 4. The number of carbonyl (C=O) groups is 1. The summed E-state index contributed by atoms with van der Waals surface area (Å²) in [6, 6.07) is 9.84. The van der Waals surface area contributed by atoms with Gasteiger partial charge in [0.15, 0.2) is 5.76 Å². The molecule has 3 aromatic rings. The first kappa shape index (κ1) is 18.6. The molecule has 3 heterocycles. The summed E-state index contributed by atoms with van der Waals surface area (Å²) in [7, 11) is 0. The van der Waals surface area contributed by atoms with Crippen LogP contribution >= 0.6 is 0 Å². The molecule has 5 rings (SSSR count). The van der Waals surface area contributed by atoms with Gasteiger partial charge in [0.1, 0.15) is 17.6 Å². The third kappa shape index (κ3) is 3.51. The fourth-order valence-electron chi connectivity index (χ4n) is 4.26. The lowest BCUT2D eigenvalue weighted by Gasteiger charge is -2.10. The summed E-state index contributed by atoms with van der Waals surface area (Å²) in [5.41, 5.74) is 2.67. The average Bonchev–Trinajstić information content (AvgIpc) is 3.25. The molecule has 1 saturated carbocycles. The van der Waals surface area contributed by atoms with Crippen LogP contribution in [-0.2, 0) is 11.3 Å². The number of likely N-dealkylation sites (tertiary alicyclic amines) is 1. The zero-order valence-electron chi connectivity index (χ0n) is 16.6. The van der Waals surface area contributed by atoms with E-state index in [2.05, 4.69) is 22.0 Å². The second kappa shape index (κ2) is 7.47. The fraction of sp³-hybridized carbons (Fsp3) is 0.348. The van der Waals surface area contributed by atoms with Crippen LogP contribution < -0.4 is 0 Å². The fourth-order valence-corrected chi connectivity index (χ4v) is 4.26. The number of benzene rings is 1. The molecule has 4 atom stereocenters. The van der Waals surface area contributed by atoms with Gasteiger partial charge in [-0.15, -0.1) is 0 Å². The first-order valence-corrected chi connectivity index (χ1v) is 10.1. The van der Waals surface area contributed by atoms with Crippen LogP contribution in [0.3, 0.4) is 0 Å². The molecular formula is C23H22N4O3. The van der Waals surface area contributed by atoms with Gasteiger partial charge in [-0.05, 0) is 43.0 Å². The number of hydrogen-bond donors (Lipinski definition) is 1. The number of amides is 1. The third-order valence-corrected chi connectivity index (χ3v) is 5.94. The zero-order chi connectivity index (χ0) is 20.7. The summed E-state index contributed by atoms with van der Waals surface area (Å²) in [5, 5.41) is 13.9. The summed E-state index contributed by atoms with van der Waals surface area (Å²) < 4.78 is 7.36. The van der Waals surface area contributed by atoms with Gasteiger partial charge in [-0.1, -0.05) is 17.0 Å². The van der Waals surface area contributed by atoms with Crippen molar-refractivity contribution in [2.75, 3.05) is 13.1 Å². The minimum Gasteiger partial charge on any atom is -0.385 e. The highest BCUT2D eigenvalue weighted by Gasteiger charge is 2.54. The van der Waals surface area contributed by atoms with Crippen molar-refractivity contribution in [2.24, 2.45) is 17.8 Å². The molecule has 0 spiro atoms. The molecule has 1 unspecified atom stereocenters. The van der Waals surface area contributed by atoms with Crippen LogP contribution in [0.15, 0.2) is 47.2 Å². The molecule has 152 valence electrons. The number of hydrogen-bond acceptors (Lipinski definition) is 5. The Morgan fingerprint density at radius 3 is 2.77 bits per heavy atom. The second-order valence-corrected chi connectivity index (χ2v) is 8.03. The normalized spacial score (nSPS) is 22.9. The van der Waals surface area contributed by atoms with E-state index in [1.165, 1.54) is 0 Å². The molecule has 1 saturated heterocycles. The van der Waals surface area contributed by atoms with E-state index in [-0.39, 0.29) is 0 Å². The van der Waals surface area contributed by atoms with Crippen LogP contribution in [0, 0.1) is 29.6 Å². The number of aliphatic hydroxyl groups excluding tert-OH is 1. The molecule has 0 radical (unpaired) electrons. The molecule has 7 nitrogen and oxygen atoms in total. The Morgan fingerprint density at radius 1 is 1.30 bits per heavy atom. The smallest absolute Gasteiger partial charge is 0.209 e. The Kier molecular flexibility index (Phi) is 4.64. The predicted octanol–water partition coefficient (Wildman–Crippen LogP) is 2.33. The van der Waals surface area contributed by atoms with Crippen molar-refractivity contribution in [3.63, 3.8) is 0 Å². The number of aliphatic hydroxyl groups is 1. The van der Waals surface area contributed by atoms with Crippen LogP contribution in [0.25, 0.3) is 11.3 Å². The lowest BCUT2D eigenvalue weighted by molar-refractivity contribution is -0.117. The lowest BCUT2D eigenvalue weighted by Crippen LogP contribution is -2.22. The van der Waals surface area contributed by atoms with E-state index in [1.54, 1.807) is 13.1 Å². The molecule has 2 aliphatic rings. The highest BCUT2D eigenvalue weighted by molar-refractivity contribution is 5.59. The highest BCUT2D eigenvalue weighted by atomic mass is 16.5. The van der Waals surface area contributed by atoms with Crippen molar-refractivity contribution in [3.05, 3.63) is 59.8 Å². The van der Waals surface area contributed by atoms with Crippen LogP contribution in [0.4, 0.5) is 0 Å². The molecule has 1 amide bonds. The SMILES string of the molecule is C[C@H](O)c1nccn1Cc1cc(-c2ccc(C#CC3[C@H]4CN(C=O)C[C@@H]34)cc2)on1. The minimum atomic E-state index is -0.640. The number of imidazole rings is 1. The Balaban J connectivity index is 1.23. The van der Waals surface area contributed by atoms with Gasteiger partial charge in [-0.3, -0.25) is 4.79 Å². The van der Waals surface area contributed by atoms with E-state index in [1.807, 2.05) is 46.0 Å². The van der Waals surface area contributed by atoms with Gasteiger partial charge in [-0.25, -0.2) is 4.98 Å². The van der Waals surface area contributed by atoms with Crippen molar-refractivity contribution in [1.82, 2.24) is 19.6 Å². The standard InChI is InChI=1S/C23H22N4O3/c1-15(29)23-24-8-9-27(23)11-18-10-22(30-25-18)17-5-2-16(3-6-17)4-7-19-20-12-26(14-28)13-21(19)20/h2-3,5-6,8-10,14-15,19-21,29H,11-13H2,1H3/t15-,19?,20-,21+/m0/s1. The van der Waals surface area contributed by atoms with Gasteiger partial charge in [0, 0.05) is 48.6 Å². The largest absolute Gasteiger partial charge is 0.385 e. The van der Waals surface area contributed by atoms with E-state index in [9.17, 15) is 9.90 Å². The van der Waals surface area contributed by atoms with Crippen molar-refractivity contribution < 1.29 is 14.4 Å². The maximum atomic E-state index is 10.8. The summed E-state index contributed by atoms with van der Waals surface area (Å²) in [4.78, 5) is 16.8. The second-order valence-electron chi connectivity index (χ2n) is 8.03. The van der Waals surface area contributed by atoms with E-state index >= 15 is 0 Å². The first-order valence-electron chi connectivity index (χ1n) is 10.1. The molecule has 1 N–H and O–H groups in total. The summed E-state index contributed by atoms with van der Waals surface area (Å²) in [6.45, 7) is 3.86. The molecule has 30 heavy (non-hydrogen) atoms. The highest BCUT2D eigenvalue weighted by Crippen LogP contribution is 2.50. The van der Waals surface area contributed by atoms with E-state index < -0.39 is 6.10 Å². The van der Waals surface area contributed by atoms with Crippen LogP contribution in [-0.4, -0.2) is 44.2 Å². The molecular weight excluding hydrogens is 380 g/mol. The number of carbonyl (C=O) groups excluding carboxylic acids is 1. The van der Waals surface area contributed by atoms with E-state index in [4.69, 9.17) is 4.52 Å². The van der Waals surface area contributed by atoms with Gasteiger partial charge in [0.2, 0.25) is 6.41 Å². The molecule has 0 bridgehead atoms. The van der Waals surface area contributed by atoms with Crippen molar-refractivity contribution in [2.45, 2.75) is 19.6 Å². The monoisotopic (exact) mass is 402 g/mol. The Labute approximate surface area is 174 Å². The van der Waals surface area contributed by atoms with Crippen LogP contribution in [0.5, 0.6) is 0 Å². The van der Waals surface area contributed by atoms with Gasteiger partial charge in [-0.2, -0.15) is 0 Å². The predicted molar refractivity (Wildman–Crippen MR) is 109 cm³/mol. The molecule has 2 aromatic heterocycles. The van der Waals surface area contributed by atoms with Crippen LogP contribution in [0.2, 0.25) is 0 Å². The summed E-state index contributed by atoms with van der Waals surface area (Å²) in [6.07, 6.45) is 3.77. The van der Waals surface area contributed by atoms with E-state index in [0.717, 1.165) is 36.3 Å². The summed E-state index contributed by atoms with van der Waals surface area (Å²) >= 11 is 0. The Morgan fingerprint density at radius 2 is 2.07 bits per heavy atom. The zero-order valence-corrected chi connectivity index (χ0v) is 16.6. The van der Waals surface area contributed by atoms with Gasteiger partial charge >= 0.3 is 0 Å². The van der Waals surface area contributed by atoms with Gasteiger partial charge < -0.3 is 19.1 Å². The minimum absolute atomic E-state index is 0.424. The molecule has 7 heteroatoms. The maximum Gasteiger partial charge on any atom is 0.209 e. The lowest BCUT2D eigenvalue weighted by atomic mass is 10.1. The number of aromatic nitrogens is 3. The van der Waals surface area contributed by atoms with Crippen LogP contribution in [0.1, 0.15) is 30.1 Å². The number of rotatable bonds is 5. The number of fused-ring (bicyclic) bond motifs is 1. The van der Waals surface area contributed by atoms with E-state index in [0.29, 0.717) is 35.9 Å². The van der Waals surface area contributed by atoms with Crippen molar-refractivity contribution in [3.8, 4) is 23.2 Å². The molecule has 2 fully saturated rings. The maximum absolute atomic E-state index is 10.8.